The number of aromatic nitrogens is 1. The van der Waals surface area contributed by atoms with Crippen LogP contribution in [0.15, 0.2) is 188 Å². The standard InChI is InChI=1S/C49H36N2/c1-33-42(34-15-5-2-6-16-34)25-26-47(50-33)41-28-38(27-40(29-41)46-30-37-21-11-12-22-43(37)44-23-13-14-24-45(44)46)39-31-48(35-17-7-3-8-18-35)51-49(32-39)36-19-9-4-10-20-36/h2-33,50H,1H3. The summed E-state index contributed by atoms with van der Waals surface area (Å²) in [5.41, 5.74) is 13.5. The van der Waals surface area contributed by atoms with E-state index in [0.717, 1.165) is 44.9 Å². The van der Waals surface area contributed by atoms with Gasteiger partial charge in [0.2, 0.25) is 0 Å². The molecule has 0 spiro atoms. The summed E-state index contributed by atoms with van der Waals surface area (Å²) < 4.78 is 0. The number of benzene rings is 7. The van der Waals surface area contributed by atoms with Gasteiger partial charge in [-0.25, -0.2) is 4.98 Å². The van der Waals surface area contributed by atoms with Gasteiger partial charge in [-0.15, -0.1) is 0 Å². The number of hydrogen-bond acceptors (Lipinski definition) is 2. The highest BCUT2D eigenvalue weighted by Crippen LogP contribution is 2.40. The summed E-state index contributed by atoms with van der Waals surface area (Å²) in [5, 5.41) is 8.87. The van der Waals surface area contributed by atoms with E-state index in [1.165, 1.54) is 43.8 Å². The van der Waals surface area contributed by atoms with E-state index in [1.54, 1.807) is 0 Å². The first-order valence-electron chi connectivity index (χ1n) is 17.6. The van der Waals surface area contributed by atoms with Gasteiger partial charge >= 0.3 is 0 Å². The van der Waals surface area contributed by atoms with Gasteiger partial charge in [0.15, 0.2) is 0 Å². The third kappa shape index (κ3) is 5.92. The van der Waals surface area contributed by atoms with E-state index in [4.69, 9.17) is 4.98 Å². The second-order valence-corrected chi connectivity index (χ2v) is 13.3. The van der Waals surface area contributed by atoms with Gasteiger partial charge in [0.25, 0.3) is 0 Å². The van der Waals surface area contributed by atoms with Crippen molar-refractivity contribution in [2.75, 3.05) is 0 Å². The van der Waals surface area contributed by atoms with E-state index in [2.05, 4.69) is 200 Å². The van der Waals surface area contributed by atoms with Crippen molar-refractivity contribution >= 4 is 32.8 Å². The van der Waals surface area contributed by atoms with Crippen LogP contribution in [0.5, 0.6) is 0 Å². The monoisotopic (exact) mass is 652 g/mol. The van der Waals surface area contributed by atoms with Crippen molar-refractivity contribution in [3.05, 3.63) is 199 Å². The molecule has 0 aliphatic carbocycles. The molecule has 2 nitrogen and oxygen atoms in total. The highest BCUT2D eigenvalue weighted by molar-refractivity contribution is 6.14. The highest BCUT2D eigenvalue weighted by Gasteiger charge is 2.19. The normalized spacial score (nSPS) is 14.2. The summed E-state index contributed by atoms with van der Waals surface area (Å²) in [6.07, 6.45) is 4.51. The van der Waals surface area contributed by atoms with Gasteiger partial charge < -0.3 is 5.32 Å². The van der Waals surface area contributed by atoms with Gasteiger partial charge in [0, 0.05) is 22.9 Å². The summed E-state index contributed by atoms with van der Waals surface area (Å²) in [7, 11) is 0. The zero-order chi connectivity index (χ0) is 34.1. The number of dihydropyridines is 1. The number of nitrogens with zero attached hydrogens (tertiary/aromatic N) is 1. The molecule has 0 saturated heterocycles. The number of pyridine rings is 1. The minimum absolute atomic E-state index is 0.149. The fourth-order valence-electron chi connectivity index (χ4n) is 7.44. The summed E-state index contributed by atoms with van der Waals surface area (Å²) in [4.78, 5) is 5.18. The Kier molecular flexibility index (Phi) is 7.83. The summed E-state index contributed by atoms with van der Waals surface area (Å²) >= 11 is 0. The zero-order valence-electron chi connectivity index (χ0n) is 28.4. The van der Waals surface area contributed by atoms with Crippen LogP contribution < -0.4 is 5.32 Å². The summed E-state index contributed by atoms with van der Waals surface area (Å²) in [5.74, 6) is 0. The first-order chi connectivity index (χ1) is 25.2. The molecule has 1 aliphatic rings. The van der Waals surface area contributed by atoms with Crippen molar-refractivity contribution in [1.82, 2.24) is 10.3 Å². The fourth-order valence-corrected chi connectivity index (χ4v) is 7.44. The number of nitrogens with one attached hydrogen (secondary N) is 1. The maximum atomic E-state index is 5.18. The molecule has 242 valence electrons. The maximum Gasteiger partial charge on any atom is 0.0715 e. The Morgan fingerprint density at radius 3 is 1.57 bits per heavy atom. The Hall–Kier alpha value is -6.51. The molecule has 2 heterocycles. The van der Waals surface area contributed by atoms with Gasteiger partial charge in [-0.3, -0.25) is 0 Å². The predicted molar refractivity (Wildman–Crippen MR) is 216 cm³/mol. The van der Waals surface area contributed by atoms with Crippen LogP contribution in [0.4, 0.5) is 0 Å². The lowest BCUT2D eigenvalue weighted by Gasteiger charge is -2.26. The zero-order valence-corrected chi connectivity index (χ0v) is 28.4. The molecular weight excluding hydrogens is 617 g/mol. The molecule has 0 amide bonds. The molecule has 0 saturated carbocycles. The second-order valence-electron chi connectivity index (χ2n) is 13.3. The molecule has 1 aliphatic heterocycles. The van der Waals surface area contributed by atoms with Crippen LogP contribution in [0.1, 0.15) is 18.1 Å². The molecule has 1 unspecified atom stereocenters. The average Bonchev–Trinajstić information content (AvgIpc) is 3.21. The van der Waals surface area contributed by atoms with Crippen LogP contribution in [0.3, 0.4) is 0 Å². The highest BCUT2D eigenvalue weighted by atomic mass is 14.9. The number of hydrogen-bond donors (Lipinski definition) is 1. The Balaban J connectivity index is 1.28. The van der Waals surface area contributed by atoms with Crippen molar-refractivity contribution in [1.29, 1.82) is 0 Å². The van der Waals surface area contributed by atoms with Gasteiger partial charge in [0.1, 0.15) is 0 Å². The Bertz CT molecular complexity index is 2540. The third-order valence-electron chi connectivity index (χ3n) is 10.00. The molecule has 1 atom stereocenters. The average molecular weight is 653 g/mol. The van der Waals surface area contributed by atoms with E-state index < -0.39 is 0 Å². The van der Waals surface area contributed by atoms with E-state index in [1.807, 2.05) is 0 Å². The van der Waals surface area contributed by atoms with Crippen LogP contribution in [0.2, 0.25) is 0 Å². The Morgan fingerprint density at radius 2 is 0.922 bits per heavy atom. The lowest BCUT2D eigenvalue weighted by molar-refractivity contribution is 0.796. The van der Waals surface area contributed by atoms with Gasteiger partial charge in [-0.2, -0.15) is 0 Å². The first kappa shape index (κ1) is 30.5. The maximum absolute atomic E-state index is 5.18. The van der Waals surface area contributed by atoms with Crippen LogP contribution in [0.25, 0.3) is 77.6 Å². The number of rotatable bonds is 6. The van der Waals surface area contributed by atoms with E-state index in [0.29, 0.717) is 0 Å². The molecule has 0 fully saturated rings. The molecule has 1 aromatic heterocycles. The van der Waals surface area contributed by atoms with Gasteiger partial charge in [-0.1, -0.05) is 146 Å². The molecule has 8 aromatic rings. The quantitative estimate of drug-likeness (QED) is 0.181. The topological polar surface area (TPSA) is 24.9 Å². The van der Waals surface area contributed by atoms with Crippen LogP contribution >= 0.6 is 0 Å². The molecule has 0 bridgehead atoms. The first-order valence-corrected chi connectivity index (χ1v) is 17.6. The SMILES string of the molecule is CC1NC(c2cc(-c3cc(-c4ccccc4)nc(-c4ccccc4)c3)cc(-c3cc4ccccc4c4ccccc34)c2)=CC=C1c1ccccc1. The van der Waals surface area contributed by atoms with Crippen LogP contribution in [-0.4, -0.2) is 11.0 Å². The third-order valence-corrected chi connectivity index (χ3v) is 10.00. The number of allylic oxidation sites excluding steroid dienone is 2. The van der Waals surface area contributed by atoms with Crippen molar-refractivity contribution in [2.24, 2.45) is 0 Å². The largest absolute Gasteiger partial charge is 0.378 e. The summed E-state index contributed by atoms with van der Waals surface area (Å²) in [6.45, 7) is 2.24. The molecule has 1 N–H and O–H groups in total. The molecule has 7 aromatic carbocycles. The van der Waals surface area contributed by atoms with Crippen LogP contribution in [-0.2, 0) is 0 Å². The van der Waals surface area contributed by atoms with E-state index in [-0.39, 0.29) is 6.04 Å². The molecule has 0 radical (unpaired) electrons. The fraction of sp³-hybridized carbons (Fsp3) is 0.0408. The Labute approximate surface area is 299 Å². The second kappa shape index (κ2) is 13.1. The van der Waals surface area contributed by atoms with Crippen LogP contribution in [0, 0.1) is 0 Å². The van der Waals surface area contributed by atoms with Gasteiger partial charge in [-0.05, 0) is 110 Å². The number of fused-ring (bicyclic) bond motifs is 3. The van der Waals surface area contributed by atoms with Crippen molar-refractivity contribution in [3.63, 3.8) is 0 Å². The van der Waals surface area contributed by atoms with E-state index >= 15 is 0 Å². The predicted octanol–water partition coefficient (Wildman–Crippen LogP) is 12.5. The van der Waals surface area contributed by atoms with Gasteiger partial charge in [0.05, 0.1) is 11.4 Å². The molecule has 2 heteroatoms. The lowest BCUT2D eigenvalue weighted by Crippen LogP contribution is -2.28. The molecule has 51 heavy (non-hydrogen) atoms. The van der Waals surface area contributed by atoms with Crippen molar-refractivity contribution in [3.8, 4) is 44.8 Å². The summed E-state index contributed by atoms with van der Waals surface area (Å²) in [6, 6.07) is 63.1. The van der Waals surface area contributed by atoms with Crippen molar-refractivity contribution in [2.45, 2.75) is 13.0 Å². The minimum Gasteiger partial charge on any atom is -0.378 e. The van der Waals surface area contributed by atoms with E-state index in [9.17, 15) is 0 Å². The minimum atomic E-state index is 0.149. The lowest BCUT2D eigenvalue weighted by atomic mass is 9.89. The Morgan fingerprint density at radius 1 is 0.412 bits per heavy atom. The molecular formula is C49H36N2. The van der Waals surface area contributed by atoms with Crippen molar-refractivity contribution < 1.29 is 0 Å². The molecule has 9 rings (SSSR count). The smallest absolute Gasteiger partial charge is 0.0715 e.